The first-order chi connectivity index (χ1) is 10.0. The Balaban J connectivity index is 2.05. The van der Waals surface area contributed by atoms with E-state index in [0.717, 1.165) is 0 Å². The molecule has 1 heterocycles. The molecule has 1 unspecified atom stereocenters. The number of nitro benzene ring substituents is 1. The van der Waals surface area contributed by atoms with Crippen LogP contribution in [-0.4, -0.2) is 33.5 Å². The normalized spacial score (nSPS) is 12.0. The summed E-state index contributed by atoms with van der Waals surface area (Å²) in [6.45, 7) is 0.257. The molecule has 0 saturated heterocycles. The number of nitrogens with zero attached hydrogens (tertiary/aromatic N) is 3. The second-order valence-electron chi connectivity index (χ2n) is 4.49. The highest BCUT2D eigenvalue weighted by Gasteiger charge is 2.15. The summed E-state index contributed by atoms with van der Waals surface area (Å²) < 4.78 is 6.59. The Morgan fingerprint density at radius 3 is 2.90 bits per heavy atom. The number of nitrogens with one attached hydrogen (secondary N) is 1. The van der Waals surface area contributed by atoms with Crippen LogP contribution in [0.4, 0.5) is 11.4 Å². The van der Waals surface area contributed by atoms with Crippen molar-refractivity contribution in [3.63, 3.8) is 0 Å². The van der Waals surface area contributed by atoms with Crippen molar-refractivity contribution in [1.82, 2.24) is 9.78 Å². The van der Waals surface area contributed by atoms with Gasteiger partial charge in [-0.3, -0.25) is 14.8 Å². The van der Waals surface area contributed by atoms with Crippen molar-refractivity contribution < 1.29 is 14.8 Å². The van der Waals surface area contributed by atoms with Crippen molar-refractivity contribution in [2.75, 3.05) is 19.0 Å². The Hall–Kier alpha value is -2.61. The van der Waals surface area contributed by atoms with E-state index in [2.05, 4.69) is 10.4 Å². The Bertz CT molecular complexity index is 641. The van der Waals surface area contributed by atoms with Crippen LogP contribution in [0.2, 0.25) is 0 Å². The van der Waals surface area contributed by atoms with E-state index in [4.69, 9.17) is 4.74 Å². The van der Waals surface area contributed by atoms with Crippen LogP contribution in [0, 0.1) is 10.1 Å². The lowest BCUT2D eigenvalue weighted by molar-refractivity contribution is -0.385. The van der Waals surface area contributed by atoms with Gasteiger partial charge in [-0.05, 0) is 6.07 Å². The van der Waals surface area contributed by atoms with Crippen molar-refractivity contribution in [3.05, 3.63) is 46.3 Å². The molecule has 2 rings (SSSR count). The second-order valence-corrected chi connectivity index (χ2v) is 4.49. The quantitative estimate of drug-likeness (QED) is 0.617. The molecular weight excluding hydrogens is 276 g/mol. The molecule has 0 fully saturated rings. The van der Waals surface area contributed by atoms with Crippen LogP contribution >= 0.6 is 0 Å². The van der Waals surface area contributed by atoms with Gasteiger partial charge in [-0.15, -0.1) is 0 Å². The van der Waals surface area contributed by atoms with Gasteiger partial charge < -0.3 is 15.2 Å². The van der Waals surface area contributed by atoms with E-state index in [1.807, 2.05) is 0 Å². The number of methoxy groups -OCH3 is 1. The number of hydrogen-bond donors (Lipinski definition) is 2. The van der Waals surface area contributed by atoms with Gasteiger partial charge in [0.1, 0.15) is 0 Å². The zero-order chi connectivity index (χ0) is 15.4. The predicted octanol–water partition coefficient (Wildman–Crippen LogP) is 1.48. The molecule has 112 valence electrons. The maximum absolute atomic E-state index is 10.8. The molecule has 2 N–H and O–H groups in total. The summed E-state index contributed by atoms with van der Waals surface area (Å²) in [6.07, 6.45) is 2.59. The van der Waals surface area contributed by atoms with Crippen LogP contribution < -0.4 is 10.1 Å². The molecule has 2 aromatic rings. The topological polar surface area (TPSA) is 102 Å². The summed E-state index contributed by atoms with van der Waals surface area (Å²) in [6, 6.07) is 4.45. The zero-order valence-electron chi connectivity index (χ0n) is 11.7. The maximum atomic E-state index is 10.8. The number of rotatable bonds is 6. The zero-order valence-corrected chi connectivity index (χ0v) is 11.7. The molecule has 1 aromatic heterocycles. The third-order valence-corrected chi connectivity index (χ3v) is 2.99. The van der Waals surface area contributed by atoms with Crippen molar-refractivity contribution in [3.8, 4) is 5.75 Å². The summed E-state index contributed by atoms with van der Waals surface area (Å²) in [5, 5.41) is 27.8. The minimum absolute atomic E-state index is 0.101. The van der Waals surface area contributed by atoms with Gasteiger partial charge in [0.2, 0.25) is 0 Å². The molecule has 0 aliphatic carbocycles. The van der Waals surface area contributed by atoms with E-state index < -0.39 is 11.0 Å². The fourth-order valence-corrected chi connectivity index (χ4v) is 1.88. The fraction of sp³-hybridized carbons (Fsp3) is 0.308. The smallest absolute Gasteiger partial charge is 0.311 e. The van der Waals surface area contributed by atoms with Crippen LogP contribution in [0.25, 0.3) is 0 Å². The first-order valence-electron chi connectivity index (χ1n) is 6.24. The minimum Gasteiger partial charge on any atom is -0.490 e. The first-order valence-corrected chi connectivity index (χ1v) is 6.24. The second kappa shape index (κ2) is 6.23. The highest BCUT2D eigenvalue weighted by Crippen LogP contribution is 2.29. The fourth-order valence-electron chi connectivity index (χ4n) is 1.88. The van der Waals surface area contributed by atoms with Gasteiger partial charge in [0.25, 0.3) is 0 Å². The molecule has 0 radical (unpaired) electrons. The number of aliphatic hydroxyl groups is 1. The van der Waals surface area contributed by atoms with Crippen molar-refractivity contribution in [2.24, 2.45) is 7.05 Å². The molecule has 1 aromatic carbocycles. The van der Waals surface area contributed by atoms with Crippen LogP contribution in [0.5, 0.6) is 5.75 Å². The molecule has 8 nitrogen and oxygen atoms in total. The lowest BCUT2D eigenvalue weighted by Gasteiger charge is -2.12. The highest BCUT2D eigenvalue weighted by molar-refractivity contribution is 5.58. The lowest BCUT2D eigenvalue weighted by Crippen LogP contribution is -2.11. The summed E-state index contributed by atoms with van der Waals surface area (Å²) in [5.74, 6) is 0.167. The molecule has 0 spiro atoms. The van der Waals surface area contributed by atoms with Gasteiger partial charge in [-0.25, -0.2) is 0 Å². The number of aromatic nitrogens is 2. The Morgan fingerprint density at radius 2 is 2.33 bits per heavy atom. The molecule has 0 aliphatic heterocycles. The summed E-state index contributed by atoms with van der Waals surface area (Å²) in [7, 11) is 3.14. The summed E-state index contributed by atoms with van der Waals surface area (Å²) >= 11 is 0. The number of hydrogen-bond acceptors (Lipinski definition) is 6. The van der Waals surface area contributed by atoms with E-state index in [1.165, 1.54) is 19.2 Å². The molecule has 1 atom stereocenters. The average molecular weight is 292 g/mol. The van der Waals surface area contributed by atoms with Crippen LogP contribution in [0.3, 0.4) is 0 Å². The number of anilines is 1. The maximum Gasteiger partial charge on any atom is 0.311 e. The first kappa shape index (κ1) is 14.8. The Morgan fingerprint density at radius 1 is 1.57 bits per heavy atom. The monoisotopic (exact) mass is 292 g/mol. The molecular formula is C13H16N4O4. The van der Waals surface area contributed by atoms with Gasteiger partial charge in [0.15, 0.2) is 5.75 Å². The molecule has 8 heteroatoms. The van der Waals surface area contributed by atoms with Crippen LogP contribution in [0.15, 0.2) is 30.6 Å². The van der Waals surface area contributed by atoms with Gasteiger partial charge in [0.05, 0.1) is 24.3 Å². The highest BCUT2D eigenvalue weighted by atomic mass is 16.6. The lowest BCUT2D eigenvalue weighted by atomic mass is 10.2. The number of aliphatic hydroxyl groups excluding tert-OH is 1. The number of nitro groups is 1. The van der Waals surface area contributed by atoms with Crippen LogP contribution in [0.1, 0.15) is 11.7 Å². The summed E-state index contributed by atoms with van der Waals surface area (Å²) in [4.78, 5) is 10.3. The van der Waals surface area contributed by atoms with Gasteiger partial charge in [0, 0.05) is 43.2 Å². The van der Waals surface area contributed by atoms with E-state index >= 15 is 0 Å². The minimum atomic E-state index is -0.722. The largest absolute Gasteiger partial charge is 0.490 e. The number of aryl methyl sites for hydroxylation is 1. The third-order valence-electron chi connectivity index (χ3n) is 2.99. The average Bonchev–Trinajstić information content (AvgIpc) is 2.90. The SMILES string of the molecule is COc1cc(NCC(O)c2cnn(C)c2)ccc1[N+](=O)[O-]. The van der Waals surface area contributed by atoms with E-state index in [9.17, 15) is 15.2 Å². The molecule has 0 saturated carbocycles. The number of ether oxygens (including phenoxy) is 1. The third kappa shape index (κ3) is 3.48. The van der Waals surface area contributed by atoms with Crippen molar-refractivity contribution in [1.29, 1.82) is 0 Å². The van der Waals surface area contributed by atoms with E-state index in [-0.39, 0.29) is 18.0 Å². The van der Waals surface area contributed by atoms with Crippen LogP contribution in [-0.2, 0) is 7.05 Å². The van der Waals surface area contributed by atoms with E-state index in [0.29, 0.717) is 11.3 Å². The van der Waals surface area contributed by atoms with Crippen molar-refractivity contribution in [2.45, 2.75) is 6.10 Å². The van der Waals surface area contributed by atoms with Crippen molar-refractivity contribution >= 4 is 11.4 Å². The van der Waals surface area contributed by atoms with E-state index in [1.54, 1.807) is 30.2 Å². The Labute approximate surface area is 121 Å². The standard InChI is InChI=1S/C13H16N4O4/c1-16-8-9(6-15-16)12(18)7-14-10-3-4-11(17(19)20)13(5-10)21-2/h3-6,8,12,14,18H,7H2,1-2H3. The predicted molar refractivity (Wildman–Crippen MR) is 76.3 cm³/mol. The summed E-state index contributed by atoms with van der Waals surface area (Å²) in [5.41, 5.74) is 1.22. The molecule has 0 amide bonds. The molecule has 0 bridgehead atoms. The van der Waals surface area contributed by atoms with Gasteiger partial charge in [-0.1, -0.05) is 0 Å². The molecule has 21 heavy (non-hydrogen) atoms. The van der Waals surface area contributed by atoms with Gasteiger partial charge >= 0.3 is 5.69 Å². The van der Waals surface area contributed by atoms with Gasteiger partial charge in [-0.2, -0.15) is 5.10 Å². The Kier molecular flexibility index (Phi) is 4.39. The number of benzene rings is 1. The molecule has 0 aliphatic rings.